The minimum absolute atomic E-state index is 0.0356. The maximum atomic E-state index is 13.2. The van der Waals surface area contributed by atoms with E-state index in [1.165, 1.54) is 97.1 Å². The molecule has 0 unspecified atom stereocenters. The number of carbonyl (C=O) groups is 4. The maximum absolute atomic E-state index is 13.2. The topological polar surface area (TPSA) is 195 Å². The van der Waals surface area contributed by atoms with Crippen molar-refractivity contribution in [2.45, 2.75) is 24.4 Å². The van der Waals surface area contributed by atoms with E-state index in [4.69, 9.17) is 23.7 Å². The van der Waals surface area contributed by atoms with E-state index in [1.807, 2.05) is 0 Å². The lowest BCUT2D eigenvalue weighted by Crippen LogP contribution is -2.43. The first-order chi connectivity index (χ1) is 22.6. The molecule has 5 rings (SSSR count). The second-order valence-corrected chi connectivity index (χ2v) is 10.3. The summed E-state index contributed by atoms with van der Waals surface area (Å²) in [5.41, 5.74) is 0.281. The Morgan fingerprint density at radius 1 is 0.447 bits per heavy atom. The summed E-state index contributed by atoms with van der Waals surface area (Å²) >= 11 is 0. The zero-order chi connectivity index (χ0) is 33.5. The molecule has 13 nitrogen and oxygen atoms in total. The summed E-state index contributed by atoms with van der Waals surface area (Å²) in [5, 5.41) is 38.3. The lowest BCUT2D eigenvalue weighted by atomic mass is 10.1. The summed E-state index contributed by atoms with van der Waals surface area (Å²) in [7, 11) is 0. The van der Waals surface area contributed by atoms with E-state index in [1.54, 1.807) is 0 Å². The molecule has 0 aromatic heterocycles. The Hall–Kier alpha value is -6.08. The average molecular weight is 645 g/mol. The number of phenols is 4. The Bertz CT molecular complexity index is 1590. The number of hydrogen-bond donors (Lipinski definition) is 4. The first-order valence-electron chi connectivity index (χ1n) is 14.1. The zero-order valence-electron chi connectivity index (χ0n) is 24.4. The third-order valence-corrected chi connectivity index (χ3v) is 7.06. The van der Waals surface area contributed by atoms with Crippen LogP contribution in [0.15, 0.2) is 97.1 Å². The van der Waals surface area contributed by atoms with Gasteiger partial charge in [-0.3, -0.25) is 0 Å². The van der Waals surface area contributed by atoms with Crippen LogP contribution in [0.1, 0.15) is 41.4 Å². The molecule has 1 aliphatic heterocycles. The van der Waals surface area contributed by atoms with Crippen LogP contribution >= 0.6 is 0 Å². The number of esters is 4. The molecule has 47 heavy (non-hydrogen) atoms. The quantitative estimate of drug-likeness (QED) is 0.144. The van der Waals surface area contributed by atoms with Gasteiger partial charge in [0.25, 0.3) is 0 Å². The molecular formula is C34H28O13. The molecule has 1 saturated heterocycles. The van der Waals surface area contributed by atoms with Gasteiger partial charge in [0, 0.05) is 0 Å². The van der Waals surface area contributed by atoms with Gasteiger partial charge in [-0.25, -0.2) is 19.2 Å². The van der Waals surface area contributed by atoms with E-state index in [-0.39, 0.29) is 45.3 Å². The highest BCUT2D eigenvalue weighted by atomic mass is 16.7. The first-order valence-corrected chi connectivity index (χ1v) is 14.1. The Morgan fingerprint density at radius 3 is 0.979 bits per heavy atom. The Labute approximate surface area is 267 Å². The van der Waals surface area contributed by atoms with Gasteiger partial charge in [0.05, 0.1) is 22.3 Å². The molecular weight excluding hydrogens is 616 g/mol. The van der Waals surface area contributed by atoms with Crippen LogP contribution in [0.25, 0.3) is 0 Å². The van der Waals surface area contributed by atoms with Crippen LogP contribution in [0.5, 0.6) is 23.0 Å². The summed E-state index contributed by atoms with van der Waals surface area (Å²) in [6, 6.07) is 20.8. The fraction of sp³-hybridized carbons (Fsp3) is 0.176. The minimum Gasteiger partial charge on any atom is -0.508 e. The van der Waals surface area contributed by atoms with Crippen molar-refractivity contribution in [3.05, 3.63) is 119 Å². The van der Waals surface area contributed by atoms with Gasteiger partial charge in [0.2, 0.25) is 0 Å². The van der Waals surface area contributed by atoms with Gasteiger partial charge in [0.15, 0.2) is 12.2 Å². The molecule has 4 aromatic carbocycles. The molecule has 1 fully saturated rings. The summed E-state index contributed by atoms with van der Waals surface area (Å²) in [5.74, 6) is -3.69. The molecule has 13 heteroatoms. The van der Waals surface area contributed by atoms with E-state index in [2.05, 4.69) is 0 Å². The molecule has 4 atom stereocenters. The molecule has 0 saturated carbocycles. The van der Waals surface area contributed by atoms with Gasteiger partial charge in [0.1, 0.15) is 48.4 Å². The van der Waals surface area contributed by atoms with Crippen LogP contribution in [0.2, 0.25) is 0 Å². The summed E-state index contributed by atoms with van der Waals surface area (Å²) in [6.07, 6.45) is -5.26. The highest BCUT2D eigenvalue weighted by Crippen LogP contribution is 2.30. The molecule has 242 valence electrons. The van der Waals surface area contributed by atoms with E-state index < -0.39 is 61.5 Å². The standard InChI is InChI=1S/C34H28O13/c35-23-9-1-19(2-10-23)31(39)43-17-27-29(46-33(41)21-5-13-25(37)14-6-21)30(47-34(42)22-7-15-26(38)16-8-22)28(45-27)18-44-32(40)20-3-11-24(36)12-4-20/h1-16,27-30,35-38H,17-18H2/t27-,28-,29-,30-/m1/s1. The van der Waals surface area contributed by atoms with Gasteiger partial charge in [-0.1, -0.05) is 0 Å². The van der Waals surface area contributed by atoms with Crippen molar-refractivity contribution in [1.29, 1.82) is 0 Å². The summed E-state index contributed by atoms with van der Waals surface area (Å²) in [4.78, 5) is 51.9. The van der Waals surface area contributed by atoms with Gasteiger partial charge < -0.3 is 44.1 Å². The lowest BCUT2D eigenvalue weighted by molar-refractivity contribution is -0.0548. The fourth-order valence-electron chi connectivity index (χ4n) is 4.61. The van der Waals surface area contributed by atoms with Crippen molar-refractivity contribution in [3.63, 3.8) is 0 Å². The van der Waals surface area contributed by atoms with Crippen LogP contribution in [0.3, 0.4) is 0 Å². The number of phenolic OH excluding ortho intramolecular Hbond substituents is 4. The monoisotopic (exact) mass is 644 g/mol. The maximum Gasteiger partial charge on any atom is 0.338 e. The molecule has 4 N–H and O–H groups in total. The average Bonchev–Trinajstić information content (AvgIpc) is 3.38. The number of rotatable bonds is 10. The summed E-state index contributed by atoms with van der Waals surface area (Å²) in [6.45, 7) is -0.994. The number of hydrogen-bond acceptors (Lipinski definition) is 13. The number of ether oxygens (including phenoxy) is 5. The molecule has 4 aromatic rings. The third-order valence-electron chi connectivity index (χ3n) is 7.06. The number of carbonyl (C=O) groups excluding carboxylic acids is 4. The Balaban J connectivity index is 1.41. The SMILES string of the molecule is O=C(OC[C@H]1O[C@H](COC(=O)c2ccc(O)cc2)[C@@H](OC(=O)c2ccc(O)cc2)[C@@H]1OC(=O)c1ccc(O)cc1)c1ccc(O)cc1. The van der Waals surface area contributed by atoms with Crippen LogP contribution in [0.4, 0.5) is 0 Å². The van der Waals surface area contributed by atoms with Crippen LogP contribution in [0, 0.1) is 0 Å². The van der Waals surface area contributed by atoms with Crippen molar-refractivity contribution >= 4 is 23.9 Å². The zero-order valence-corrected chi connectivity index (χ0v) is 24.4. The van der Waals surface area contributed by atoms with Crippen LogP contribution in [-0.4, -0.2) is 81.9 Å². The minimum atomic E-state index is -1.40. The van der Waals surface area contributed by atoms with Crippen molar-refractivity contribution in [2.75, 3.05) is 13.2 Å². The predicted molar refractivity (Wildman–Crippen MR) is 160 cm³/mol. The molecule has 1 aliphatic rings. The summed E-state index contributed by atoms with van der Waals surface area (Å²) < 4.78 is 28.4. The first kappa shape index (κ1) is 32.3. The number of benzene rings is 4. The lowest BCUT2D eigenvalue weighted by Gasteiger charge is -2.24. The normalized spacial score (nSPS) is 18.6. The van der Waals surface area contributed by atoms with Crippen LogP contribution < -0.4 is 0 Å². The molecule has 0 radical (unpaired) electrons. The van der Waals surface area contributed by atoms with Gasteiger partial charge in [-0.2, -0.15) is 0 Å². The van der Waals surface area contributed by atoms with Crippen molar-refractivity contribution in [2.24, 2.45) is 0 Å². The van der Waals surface area contributed by atoms with E-state index >= 15 is 0 Å². The second kappa shape index (κ2) is 14.3. The predicted octanol–water partition coefficient (Wildman–Crippen LogP) is 3.74. The highest BCUT2D eigenvalue weighted by Gasteiger charge is 2.51. The molecule has 0 aliphatic carbocycles. The van der Waals surface area contributed by atoms with Gasteiger partial charge >= 0.3 is 23.9 Å². The molecule has 0 amide bonds. The van der Waals surface area contributed by atoms with E-state index in [0.717, 1.165) is 0 Å². The largest absolute Gasteiger partial charge is 0.508 e. The van der Waals surface area contributed by atoms with E-state index in [0.29, 0.717) is 0 Å². The second-order valence-electron chi connectivity index (χ2n) is 10.3. The Kier molecular flexibility index (Phi) is 9.87. The van der Waals surface area contributed by atoms with Crippen LogP contribution in [-0.2, 0) is 23.7 Å². The van der Waals surface area contributed by atoms with Crippen molar-refractivity contribution in [1.82, 2.24) is 0 Å². The Morgan fingerprint density at radius 2 is 0.702 bits per heavy atom. The third kappa shape index (κ3) is 8.15. The van der Waals surface area contributed by atoms with E-state index in [9.17, 15) is 39.6 Å². The number of aromatic hydroxyl groups is 4. The van der Waals surface area contributed by atoms with Gasteiger partial charge in [-0.15, -0.1) is 0 Å². The van der Waals surface area contributed by atoms with Crippen molar-refractivity contribution < 1.29 is 63.3 Å². The fourth-order valence-corrected chi connectivity index (χ4v) is 4.61. The molecule has 0 bridgehead atoms. The van der Waals surface area contributed by atoms with Gasteiger partial charge in [-0.05, 0) is 97.1 Å². The highest BCUT2D eigenvalue weighted by molar-refractivity contribution is 5.91. The molecule has 1 heterocycles. The molecule has 0 spiro atoms. The van der Waals surface area contributed by atoms with Crippen molar-refractivity contribution in [3.8, 4) is 23.0 Å². The smallest absolute Gasteiger partial charge is 0.338 e.